The van der Waals surface area contributed by atoms with Crippen LogP contribution in [-0.2, 0) is 11.3 Å². The normalized spacial score (nSPS) is 12.5. The lowest BCUT2D eigenvalue weighted by Gasteiger charge is -2.08. The lowest BCUT2D eigenvalue weighted by atomic mass is 10.1. The van der Waals surface area contributed by atoms with E-state index < -0.39 is 5.97 Å². The molecule has 0 atom stereocenters. The van der Waals surface area contributed by atoms with Gasteiger partial charge >= 0.3 is 5.97 Å². The summed E-state index contributed by atoms with van der Waals surface area (Å²) in [5, 5.41) is 19.8. The highest BCUT2D eigenvalue weighted by Gasteiger charge is 2.34. The fraction of sp³-hybridized carbons (Fsp3) is 0.0588. The standard InChI is InChI=1S/C17H11NO4/c19-12-7-3-6-11-14(12)15-16(18(11)8-13(20)21)9-4-1-2-5-10(9)17(15)22/h1-7,19H,8H2,(H,20,21). The fourth-order valence-electron chi connectivity index (χ4n) is 3.21. The zero-order valence-corrected chi connectivity index (χ0v) is 11.4. The number of carbonyl (C=O) groups excluding carboxylic acids is 1. The van der Waals surface area contributed by atoms with Crippen molar-refractivity contribution >= 4 is 22.7 Å². The largest absolute Gasteiger partial charge is 0.507 e. The van der Waals surface area contributed by atoms with Crippen molar-refractivity contribution in [3.05, 3.63) is 53.6 Å². The summed E-state index contributed by atoms with van der Waals surface area (Å²) in [6.45, 7) is -0.267. The van der Waals surface area contributed by atoms with Crippen LogP contribution in [0.3, 0.4) is 0 Å². The number of carboxylic acid groups (broad SMARTS) is 1. The second-order valence-corrected chi connectivity index (χ2v) is 5.25. The van der Waals surface area contributed by atoms with E-state index >= 15 is 0 Å². The van der Waals surface area contributed by atoms with Gasteiger partial charge in [-0.05, 0) is 12.1 Å². The van der Waals surface area contributed by atoms with Crippen molar-refractivity contribution in [1.29, 1.82) is 0 Å². The number of carbonyl (C=O) groups is 2. The molecule has 1 heterocycles. The Labute approximate surface area is 125 Å². The molecular formula is C17H11NO4. The quantitative estimate of drug-likeness (QED) is 0.595. The van der Waals surface area contributed by atoms with E-state index in [-0.39, 0.29) is 18.1 Å². The predicted molar refractivity (Wildman–Crippen MR) is 80.1 cm³/mol. The number of ketones is 1. The van der Waals surface area contributed by atoms with Gasteiger partial charge in [0.25, 0.3) is 0 Å². The third-order valence-corrected chi connectivity index (χ3v) is 4.02. The van der Waals surface area contributed by atoms with Crippen LogP contribution >= 0.6 is 0 Å². The maximum atomic E-state index is 12.7. The average Bonchev–Trinajstić information content (AvgIpc) is 2.96. The first-order valence-electron chi connectivity index (χ1n) is 6.79. The molecule has 108 valence electrons. The molecule has 0 radical (unpaired) electrons. The van der Waals surface area contributed by atoms with Gasteiger partial charge in [-0.3, -0.25) is 9.59 Å². The van der Waals surface area contributed by atoms with E-state index in [0.717, 1.165) is 0 Å². The van der Waals surface area contributed by atoms with E-state index in [4.69, 9.17) is 0 Å². The van der Waals surface area contributed by atoms with Crippen LogP contribution in [0.25, 0.3) is 22.2 Å². The number of phenolic OH excluding ortho intramolecular Hbond substituents is 1. The molecule has 0 bridgehead atoms. The van der Waals surface area contributed by atoms with Crippen LogP contribution in [0, 0.1) is 0 Å². The zero-order valence-electron chi connectivity index (χ0n) is 11.4. The SMILES string of the molecule is O=C(O)Cn1c2c(c3c(O)cccc31)C(=O)c1ccccc1-2. The second kappa shape index (κ2) is 4.21. The summed E-state index contributed by atoms with van der Waals surface area (Å²) < 4.78 is 1.58. The third kappa shape index (κ3) is 1.47. The fourth-order valence-corrected chi connectivity index (χ4v) is 3.21. The second-order valence-electron chi connectivity index (χ2n) is 5.25. The number of nitrogens with zero attached hydrogens (tertiary/aromatic N) is 1. The number of phenols is 1. The Hall–Kier alpha value is -3.08. The first kappa shape index (κ1) is 12.6. The van der Waals surface area contributed by atoms with Crippen molar-refractivity contribution in [3.8, 4) is 17.0 Å². The molecule has 0 saturated heterocycles. The molecular weight excluding hydrogens is 282 g/mol. The first-order valence-corrected chi connectivity index (χ1v) is 6.79. The van der Waals surface area contributed by atoms with Gasteiger partial charge in [0.1, 0.15) is 12.3 Å². The molecule has 0 unspecified atom stereocenters. The maximum Gasteiger partial charge on any atom is 0.323 e. The van der Waals surface area contributed by atoms with E-state index in [2.05, 4.69) is 0 Å². The molecule has 0 aliphatic heterocycles. The van der Waals surface area contributed by atoms with E-state index in [1.165, 1.54) is 6.07 Å². The summed E-state index contributed by atoms with van der Waals surface area (Å²) in [7, 11) is 0. The number of rotatable bonds is 2. The van der Waals surface area contributed by atoms with Crippen molar-refractivity contribution in [1.82, 2.24) is 4.57 Å². The summed E-state index contributed by atoms with van der Waals surface area (Å²) in [6.07, 6.45) is 0. The lowest BCUT2D eigenvalue weighted by molar-refractivity contribution is -0.137. The highest BCUT2D eigenvalue weighted by Crippen LogP contribution is 2.45. The van der Waals surface area contributed by atoms with Crippen LogP contribution in [0.1, 0.15) is 15.9 Å². The lowest BCUT2D eigenvalue weighted by Crippen LogP contribution is -2.09. The molecule has 0 fully saturated rings. The number of aromatic nitrogens is 1. The molecule has 5 nitrogen and oxygen atoms in total. The van der Waals surface area contributed by atoms with Crippen molar-refractivity contribution in [3.63, 3.8) is 0 Å². The molecule has 3 aromatic rings. The first-order chi connectivity index (χ1) is 10.6. The molecule has 1 aliphatic carbocycles. The van der Waals surface area contributed by atoms with E-state index in [0.29, 0.717) is 33.3 Å². The molecule has 4 rings (SSSR count). The highest BCUT2D eigenvalue weighted by atomic mass is 16.4. The number of aromatic hydroxyl groups is 1. The van der Waals surface area contributed by atoms with Crippen LogP contribution in [0.2, 0.25) is 0 Å². The van der Waals surface area contributed by atoms with Crippen LogP contribution in [0.5, 0.6) is 5.75 Å². The summed E-state index contributed by atoms with van der Waals surface area (Å²) in [6, 6.07) is 12.0. The van der Waals surface area contributed by atoms with Crippen molar-refractivity contribution < 1.29 is 19.8 Å². The Morgan fingerprint density at radius 1 is 1.05 bits per heavy atom. The molecule has 5 heteroatoms. The van der Waals surface area contributed by atoms with E-state index in [1.807, 2.05) is 6.07 Å². The van der Waals surface area contributed by atoms with Gasteiger partial charge < -0.3 is 14.8 Å². The van der Waals surface area contributed by atoms with Crippen LogP contribution in [0.4, 0.5) is 0 Å². The number of carboxylic acids is 1. The Morgan fingerprint density at radius 2 is 1.77 bits per heavy atom. The molecule has 2 N–H and O–H groups in total. The van der Waals surface area contributed by atoms with Crippen molar-refractivity contribution in [2.75, 3.05) is 0 Å². The summed E-state index contributed by atoms with van der Waals surface area (Å²) >= 11 is 0. The topological polar surface area (TPSA) is 79.5 Å². The smallest absolute Gasteiger partial charge is 0.323 e. The van der Waals surface area contributed by atoms with Crippen molar-refractivity contribution in [2.24, 2.45) is 0 Å². The molecule has 1 aliphatic rings. The van der Waals surface area contributed by atoms with E-state index in [9.17, 15) is 19.8 Å². The molecule has 0 spiro atoms. The minimum absolute atomic E-state index is 0.0148. The number of aliphatic carboxylic acids is 1. The predicted octanol–water partition coefficient (Wildman–Crippen LogP) is 2.64. The van der Waals surface area contributed by atoms with Gasteiger partial charge in [-0.25, -0.2) is 0 Å². The highest BCUT2D eigenvalue weighted by molar-refractivity contribution is 6.28. The number of hydrogen-bond donors (Lipinski definition) is 2. The minimum atomic E-state index is -1.00. The number of benzene rings is 2. The van der Waals surface area contributed by atoms with Gasteiger partial charge in [-0.2, -0.15) is 0 Å². The van der Waals surface area contributed by atoms with Gasteiger partial charge in [-0.1, -0.05) is 30.3 Å². The Bertz CT molecular complexity index is 968. The molecule has 22 heavy (non-hydrogen) atoms. The van der Waals surface area contributed by atoms with Gasteiger partial charge in [-0.15, -0.1) is 0 Å². The molecule has 0 saturated carbocycles. The third-order valence-electron chi connectivity index (χ3n) is 4.02. The zero-order chi connectivity index (χ0) is 15.4. The molecule has 2 aromatic carbocycles. The number of fused-ring (bicyclic) bond motifs is 5. The minimum Gasteiger partial charge on any atom is -0.507 e. The van der Waals surface area contributed by atoms with Gasteiger partial charge in [0.15, 0.2) is 5.78 Å². The Kier molecular flexibility index (Phi) is 2.42. The maximum absolute atomic E-state index is 12.7. The monoisotopic (exact) mass is 293 g/mol. The molecule has 1 aromatic heterocycles. The van der Waals surface area contributed by atoms with Gasteiger partial charge in [0, 0.05) is 11.1 Å². The van der Waals surface area contributed by atoms with Gasteiger partial charge in [0.2, 0.25) is 0 Å². The summed E-state index contributed by atoms with van der Waals surface area (Å²) in [4.78, 5) is 23.9. The van der Waals surface area contributed by atoms with Crippen molar-refractivity contribution in [2.45, 2.75) is 6.54 Å². The van der Waals surface area contributed by atoms with Gasteiger partial charge in [0.05, 0.1) is 22.2 Å². The van der Waals surface area contributed by atoms with Crippen LogP contribution in [0.15, 0.2) is 42.5 Å². The van der Waals surface area contributed by atoms with Crippen LogP contribution in [-0.4, -0.2) is 26.5 Å². The Morgan fingerprint density at radius 3 is 2.50 bits per heavy atom. The average molecular weight is 293 g/mol. The summed E-state index contributed by atoms with van der Waals surface area (Å²) in [5.41, 5.74) is 2.75. The summed E-state index contributed by atoms with van der Waals surface area (Å²) in [5.74, 6) is -1.19. The Balaban J connectivity index is 2.19. The number of hydrogen-bond acceptors (Lipinski definition) is 3. The van der Waals surface area contributed by atoms with E-state index in [1.54, 1.807) is 34.9 Å². The van der Waals surface area contributed by atoms with Crippen LogP contribution < -0.4 is 0 Å². The molecule has 0 amide bonds.